The number of nitro benzene ring substituents is 1. The monoisotopic (exact) mass is 296 g/mol. The lowest BCUT2D eigenvalue weighted by atomic mass is 10.1. The summed E-state index contributed by atoms with van der Waals surface area (Å²) in [7, 11) is 0. The van der Waals surface area contributed by atoms with Crippen LogP contribution in [0.1, 0.15) is 42.5 Å². The maximum Gasteiger partial charge on any atom is 0.269 e. The van der Waals surface area contributed by atoms with Crippen molar-refractivity contribution in [1.29, 1.82) is 0 Å². The van der Waals surface area contributed by atoms with Crippen LogP contribution in [0.2, 0.25) is 0 Å². The van der Waals surface area contributed by atoms with Crippen LogP contribution in [0.5, 0.6) is 0 Å². The van der Waals surface area contributed by atoms with Gasteiger partial charge in [0.1, 0.15) is 0 Å². The first-order valence-corrected chi connectivity index (χ1v) is 7.21. The van der Waals surface area contributed by atoms with Gasteiger partial charge in [-0.2, -0.15) is 0 Å². The van der Waals surface area contributed by atoms with Gasteiger partial charge in [-0.25, -0.2) is 0 Å². The predicted octanol–water partition coefficient (Wildman–Crippen LogP) is 3.26. The zero-order valence-corrected chi connectivity index (χ0v) is 11.8. The average molecular weight is 297 g/mol. The van der Waals surface area contributed by atoms with Gasteiger partial charge in [-0.05, 0) is 25.0 Å². The number of nitro groups is 1. The van der Waals surface area contributed by atoms with Crippen molar-refractivity contribution in [2.45, 2.75) is 43.5 Å². The first-order valence-electron chi connectivity index (χ1n) is 6.77. The molecule has 1 aliphatic rings. The molecule has 2 unspecified atom stereocenters. The summed E-state index contributed by atoms with van der Waals surface area (Å²) in [4.78, 5) is 22.2. The van der Waals surface area contributed by atoms with Crippen LogP contribution in [0.25, 0.3) is 0 Å². The number of nitrogens with zero attached hydrogens (tertiary/aromatic N) is 1. The highest BCUT2D eigenvalue weighted by atomic mass is 35.5. The van der Waals surface area contributed by atoms with Crippen molar-refractivity contribution in [3.8, 4) is 0 Å². The summed E-state index contributed by atoms with van der Waals surface area (Å²) < 4.78 is 0. The molecule has 5 nitrogen and oxygen atoms in total. The molecule has 0 aromatic heterocycles. The number of nitrogens with one attached hydrogen (secondary N) is 1. The number of hydrogen-bond acceptors (Lipinski definition) is 3. The summed E-state index contributed by atoms with van der Waals surface area (Å²) in [6.07, 6.45) is 5.10. The average Bonchev–Trinajstić information content (AvgIpc) is 2.64. The number of carbonyl (C=O) groups is 1. The van der Waals surface area contributed by atoms with Crippen molar-refractivity contribution >= 4 is 23.2 Å². The third-order valence-corrected chi connectivity index (χ3v) is 4.11. The number of benzene rings is 1. The van der Waals surface area contributed by atoms with E-state index in [1.807, 2.05) is 0 Å². The molecule has 0 aliphatic heterocycles. The molecular weight excluding hydrogens is 280 g/mol. The fourth-order valence-corrected chi connectivity index (χ4v) is 2.75. The van der Waals surface area contributed by atoms with Crippen molar-refractivity contribution in [3.63, 3.8) is 0 Å². The second-order valence-corrected chi connectivity index (χ2v) is 5.60. The Hall–Kier alpha value is -1.62. The van der Waals surface area contributed by atoms with Crippen molar-refractivity contribution in [2.24, 2.45) is 0 Å². The SMILES string of the molecule is O=C(NC1CCCCCC1Cl)c1ccc([N+](=O)[O-])cc1. The maximum atomic E-state index is 12.1. The van der Waals surface area contributed by atoms with Crippen LogP contribution >= 0.6 is 11.6 Å². The Bertz CT molecular complexity index is 490. The minimum Gasteiger partial charge on any atom is -0.348 e. The Balaban J connectivity index is 2.01. The normalized spacial score (nSPS) is 22.9. The Morgan fingerprint density at radius 2 is 1.85 bits per heavy atom. The highest BCUT2D eigenvalue weighted by Gasteiger charge is 2.23. The molecular formula is C14H17ClN2O3. The highest BCUT2D eigenvalue weighted by Crippen LogP contribution is 2.22. The molecule has 20 heavy (non-hydrogen) atoms. The zero-order chi connectivity index (χ0) is 14.5. The molecule has 1 N–H and O–H groups in total. The number of non-ortho nitro benzene ring substituents is 1. The van der Waals surface area contributed by atoms with E-state index < -0.39 is 4.92 Å². The summed E-state index contributed by atoms with van der Waals surface area (Å²) >= 11 is 6.28. The largest absolute Gasteiger partial charge is 0.348 e. The molecule has 0 spiro atoms. The molecule has 0 saturated heterocycles. The van der Waals surface area contributed by atoms with Crippen LogP contribution in [0.3, 0.4) is 0 Å². The molecule has 1 aromatic rings. The van der Waals surface area contributed by atoms with Crippen LogP contribution < -0.4 is 5.32 Å². The fourth-order valence-electron chi connectivity index (χ4n) is 2.41. The number of halogens is 1. The first-order chi connectivity index (χ1) is 9.58. The van der Waals surface area contributed by atoms with Gasteiger partial charge in [-0.1, -0.05) is 19.3 Å². The summed E-state index contributed by atoms with van der Waals surface area (Å²) in [5.74, 6) is -0.225. The molecule has 1 amide bonds. The van der Waals surface area contributed by atoms with Crippen molar-refractivity contribution in [1.82, 2.24) is 5.32 Å². The summed E-state index contributed by atoms with van der Waals surface area (Å²) in [6, 6.07) is 5.57. The van der Waals surface area contributed by atoms with Gasteiger partial charge in [0.2, 0.25) is 0 Å². The Morgan fingerprint density at radius 3 is 2.50 bits per heavy atom. The van der Waals surface area contributed by atoms with Crippen molar-refractivity contribution < 1.29 is 9.72 Å². The molecule has 0 bridgehead atoms. The van der Waals surface area contributed by atoms with E-state index in [2.05, 4.69) is 5.32 Å². The summed E-state index contributed by atoms with van der Waals surface area (Å²) in [5.41, 5.74) is 0.398. The number of carbonyl (C=O) groups excluding carboxylic acids is 1. The van der Waals surface area contributed by atoms with Crippen molar-refractivity contribution in [3.05, 3.63) is 39.9 Å². The van der Waals surface area contributed by atoms with E-state index in [1.54, 1.807) is 0 Å². The standard InChI is InChI=1S/C14H17ClN2O3/c15-12-4-2-1-3-5-13(12)16-14(18)10-6-8-11(9-7-10)17(19)20/h6-9,12-13H,1-5H2,(H,16,18). The van der Waals surface area contributed by atoms with Gasteiger partial charge in [0, 0.05) is 23.7 Å². The molecule has 1 aromatic carbocycles. The van der Waals surface area contributed by atoms with Crippen LogP contribution in [0.4, 0.5) is 5.69 Å². The third kappa shape index (κ3) is 3.70. The number of rotatable bonds is 3. The smallest absolute Gasteiger partial charge is 0.269 e. The number of hydrogen-bond donors (Lipinski definition) is 1. The molecule has 2 atom stereocenters. The molecule has 1 aliphatic carbocycles. The molecule has 1 saturated carbocycles. The lowest BCUT2D eigenvalue weighted by Gasteiger charge is -2.21. The molecule has 2 rings (SSSR count). The van der Waals surface area contributed by atoms with Gasteiger partial charge in [-0.15, -0.1) is 11.6 Å². The van der Waals surface area contributed by atoms with Crippen LogP contribution in [-0.2, 0) is 0 Å². The Morgan fingerprint density at radius 1 is 1.20 bits per heavy atom. The molecule has 0 radical (unpaired) electrons. The summed E-state index contributed by atoms with van der Waals surface area (Å²) in [6.45, 7) is 0. The minimum absolute atomic E-state index is 0.0220. The third-order valence-electron chi connectivity index (χ3n) is 3.59. The maximum absolute atomic E-state index is 12.1. The van der Waals surface area contributed by atoms with E-state index in [-0.39, 0.29) is 23.0 Å². The molecule has 0 heterocycles. The quantitative estimate of drug-likeness (QED) is 0.403. The summed E-state index contributed by atoms with van der Waals surface area (Å²) in [5, 5.41) is 13.5. The molecule has 6 heteroatoms. The van der Waals surface area contributed by atoms with Crippen LogP contribution in [0.15, 0.2) is 24.3 Å². The minimum atomic E-state index is -0.484. The Labute approximate surface area is 122 Å². The van der Waals surface area contributed by atoms with E-state index in [4.69, 9.17) is 11.6 Å². The van der Waals surface area contributed by atoms with E-state index in [9.17, 15) is 14.9 Å². The van der Waals surface area contributed by atoms with Crippen LogP contribution in [0, 0.1) is 10.1 Å². The van der Waals surface area contributed by atoms with Gasteiger partial charge in [-0.3, -0.25) is 14.9 Å². The number of alkyl halides is 1. The molecule has 108 valence electrons. The van der Waals surface area contributed by atoms with Gasteiger partial charge in [0.05, 0.1) is 10.3 Å². The van der Waals surface area contributed by atoms with Gasteiger partial charge in [0.15, 0.2) is 0 Å². The van der Waals surface area contributed by atoms with Gasteiger partial charge >= 0.3 is 0 Å². The second kappa shape index (κ2) is 6.70. The number of amides is 1. The van der Waals surface area contributed by atoms with Gasteiger partial charge in [0.25, 0.3) is 11.6 Å². The Kier molecular flexibility index (Phi) is 4.95. The zero-order valence-electron chi connectivity index (χ0n) is 11.0. The lowest BCUT2D eigenvalue weighted by Crippen LogP contribution is -2.40. The van der Waals surface area contributed by atoms with E-state index >= 15 is 0 Å². The fraction of sp³-hybridized carbons (Fsp3) is 0.500. The van der Waals surface area contributed by atoms with E-state index in [0.717, 1.165) is 32.1 Å². The van der Waals surface area contributed by atoms with E-state index in [0.29, 0.717) is 5.56 Å². The first kappa shape index (κ1) is 14.8. The van der Waals surface area contributed by atoms with E-state index in [1.165, 1.54) is 24.3 Å². The van der Waals surface area contributed by atoms with Crippen molar-refractivity contribution in [2.75, 3.05) is 0 Å². The second-order valence-electron chi connectivity index (χ2n) is 5.04. The molecule has 1 fully saturated rings. The van der Waals surface area contributed by atoms with Gasteiger partial charge < -0.3 is 5.32 Å². The van der Waals surface area contributed by atoms with Crippen LogP contribution in [-0.4, -0.2) is 22.2 Å². The topological polar surface area (TPSA) is 72.2 Å². The lowest BCUT2D eigenvalue weighted by molar-refractivity contribution is -0.384. The predicted molar refractivity (Wildman–Crippen MR) is 77.1 cm³/mol. The highest BCUT2D eigenvalue weighted by molar-refractivity contribution is 6.21.